The SMILES string of the molecule is O[C@H](c1cccnc1F)C(F)(F)F. The minimum atomic E-state index is -4.87. The molecule has 0 spiro atoms. The normalized spacial score (nSPS) is 14.2. The van der Waals surface area contributed by atoms with Crippen molar-refractivity contribution in [3.63, 3.8) is 0 Å². The predicted octanol–water partition coefficient (Wildman–Crippen LogP) is 1.82. The molecule has 0 aliphatic rings. The maximum Gasteiger partial charge on any atom is 0.418 e. The molecule has 1 atom stereocenters. The molecular formula is C7H5F4NO. The third-order valence-electron chi connectivity index (χ3n) is 1.39. The number of aromatic nitrogens is 1. The number of rotatable bonds is 1. The Balaban J connectivity index is 3.02. The Labute approximate surface area is 70.8 Å². The van der Waals surface area contributed by atoms with Crippen molar-refractivity contribution in [2.45, 2.75) is 12.3 Å². The molecule has 1 rings (SSSR count). The van der Waals surface area contributed by atoms with Gasteiger partial charge in [0.1, 0.15) is 0 Å². The molecule has 0 amide bonds. The first-order chi connectivity index (χ1) is 5.93. The molecule has 1 heterocycles. The molecule has 6 heteroatoms. The fraction of sp³-hybridized carbons (Fsp3) is 0.286. The Morgan fingerprint density at radius 2 is 2.00 bits per heavy atom. The lowest BCUT2D eigenvalue weighted by atomic mass is 10.1. The van der Waals surface area contributed by atoms with E-state index < -0.39 is 23.8 Å². The van der Waals surface area contributed by atoms with Crippen LogP contribution in [0.25, 0.3) is 0 Å². The maximum atomic E-state index is 12.6. The molecule has 0 aliphatic heterocycles. The van der Waals surface area contributed by atoms with Gasteiger partial charge in [0.25, 0.3) is 0 Å². The lowest BCUT2D eigenvalue weighted by Gasteiger charge is -2.14. The molecule has 2 nitrogen and oxygen atoms in total. The first kappa shape index (κ1) is 9.91. The second-order valence-electron chi connectivity index (χ2n) is 2.33. The summed E-state index contributed by atoms with van der Waals surface area (Å²) in [5.41, 5.74) is -0.866. The quantitative estimate of drug-likeness (QED) is 0.547. The smallest absolute Gasteiger partial charge is 0.379 e. The summed E-state index contributed by atoms with van der Waals surface area (Å²) in [5.74, 6) is -1.31. The van der Waals surface area contributed by atoms with Crippen molar-refractivity contribution in [3.8, 4) is 0 Å². The minimum Gasteiger partial charge on any atom is -0.379 e. The number of hydrogen-bond acceptors (Lipinski definition) is 2. The van der Waals surface area contributed by atoms with Crippen LogP contribution in [-0.2, 0) is 0 Å². The molecule has 0 aliphatic carbocycles. The lowest BCUT2D eigenvalue weighted by Crippen LogP contribution is -2.21. The minimum absolute atomic E-state index is 0.834. The molecule has 0 fully saturated rings. The highest BCUT2D eigenvalue weighted by atomic mass is 19.4. The number of halogens is 4. The van der Waals surface area contributed by atoms with Crippen LogP contribution in [0.15, 0.2) is 18.3 Å². The summed E-state index contributed by atoms with van der Waals surface area (Å²) in [7, 11) is 0. The molecule has 72 valence electrons. The zero-order chi connectivity index (χ0) is 10.1. The second-order valence-corrected chi connectivity index (χ2v) is 2.33. The summed E-state index contributed by atoms with van der Waals surface area (Å²) < 4.78 is 48.2. The van der Waals surface area contributed by atoms with Gasteiger partial charge in [-0.25, -0.2) is 4.98 Å². The van der Waals surface area contributed by atoms with Crippen LogP contribution in [0.5, 0.6) is 0 Å². The number of pyridine rings is 1. The van der Waals surface area contributed by atoms with E-state index in [2.05, 4.69) is 4.98 Å². The van der Waals surface area contributed by atoms with E-state index in [1.165, 1.54) is 0 Å². The van der Waals surface area contributed by atoms with Gasteiger partial charge >= 0.3 is 6.18 Å². The van der Waals surface area contributed by atoms with Gasteiger partial charge in [-0.1, -0.05) is 0 Å². The summed E-state index contributed by atoms with van der Waals surface area (Å²) in [6, 6.07) is 1.95. The van der Waals surface area contributed by atoms with Crippen LogP contribution < -0.4 is 0 Å². The van der Waals surface area contributed by atoms with Crippen molar-refractivity contribution in [1.29, 1.82) is 0 Å². The summed E-state index contributed by atoms with van der Waals surface area (Å²) in [6.07, 6.45) is -6.69. The van der Waals surface area contributed by atoms with Gasteiger partial charge in [-0.05, 0) is 12.1 Å². The monoisotopic (exact) mass is 195 g/mol. The van der Waals surface area contributed by atoms with Gasteiger partial charge in [-0.3, -0.25) is 0 Å². The van der Waals surface area contributed by atoms with E-state index in [4.69, 9.17) is 5.11 Å². The van der Waals surface area contributed by atoms with Crippen LogP contribution in [0.3, 0.4) is 0 Å². The fourth-order valence-electron chi connectivity index (χ4n) is 0.779. The number of aliphatic hydroxyl groups is 1. The summed E-state index contributed by atoms with van der Waals surface area (Å²) >= 11 is 0. The van der Waals surface area contributed by atoms with Crippen molar-refractivity contribution in [1.82, 2.24) is 4.98 Å². The van der Waals surface area contributed by atoms with Crippen molar-refractivity contribution < 1.29 is 22.7 Å². The third kappa shape index (κ3) is 2.15. The largest absolute Gasteiger partial charge is 0.418 e. The Morgan fingerprint density at radius 3 is 2.46 bits per heavy atom. The molecule has 1 aromatic heterocycles. The maximum absolute atomic E-state index is 12.6. The van der Waals surface area contributed by atoms with Crippen LogP contribution in [0.2, 0.25) is 0 Å². The van der Waals surface area contributed by atoms with Gasteiger partial charge in [0.05, 0.1) is 0 Å². The van der Waals surface area contributed by atoms with Crippen LogP contribution in [0, 0.1) is 5.95 Å². The van der Waals surface area contributed by atoms with Crippen LogP contribution >= 0.6 is 0 Å². The molecule has 13 heavy (non-hydrogen) atoms. The molecule has 1 N–H and O–H groups in total. The van der Waals surface area contributed by atoms with E-state index in [9.17, 15) is 17.6 Å². The van der Waals surface area contributed by atoms with Crippen LogP contribution in [0.1, 0.15) is 11.7 Å². The number of alkyl halides is 3. The summed E-state index contributed by atoms with van der Waals surface area (Å²) in [4.78, 5) is 2.99. The fourth-order valence-corrected chi connectivity index (χ4v) is 0.779. The van der Waals surface area contributed by atoms with Gasteiger partial charge < -0.3 is 5.11 Å². The Kier molecular flexibility index (Phi) is 2.51. The Morgan fingerprint density at radius 1 is 1.38 bits per heavy atom. The van der Waals surface area contributed by atoms with Crippen molar-refractivity contribution >= 4 is 0 Å². The lowest BCUT2D eigenvalue weighted by molar-refractivity contribution is -0.207. The zero-order valence-corrected chi connectivity index (χ0v) is 6.22. The molecule has 1 aromatic rings. The second kappa shape index (κ2) is 3.29. The van der Waals surface area contributed by atoms with E-state index in [1.54, 1.807) is 0 Å². The van der Waals surface area contributed by atoms with Crippen LogP contribution in [-0.4, -0.2) is 16.3 Å². The average molecular weight is 195 g/mol. The molecule has 0 saturated carbocycles. The van der Waals surface area contributed by atoms with Gasteiger partial charge in [0, 0.05) is 11.8 Å². The Bertz CT molecular complexity index is 299. The highest BCUT2D eigenvalue weighted by Crippen LogP contribution is 2.32. The predicted molar refractivity (Wildman–Crippen MR) is 35.2 cm³/mol. The van der Waals surface area contributed by atoms with Gasteiger partial charge in [0.2, 0.25) is 5.95 Å². The van der Waals surface area contributed by atoms with Gasteiger partial charge in [-0.2, -0.15) is 17.6 Å². The Hall–Kier alpha value is -1.17. The first-order valence-electron chi connectivity index (χ1n) is 3.28. The van der Waals surface area contributed by atoms with E-state index in [1.807, 2.05) is 0 Å². The standard InChI is InChI=1S/C7H5F4NO/c8-6-4(2-1-3-12-6)5(13)7(9,10)11/h1-3,5,13H/t5-/m1/s1. The number of aliphatic hydroxyl groups excluding tert-OH is 1. The molecule has 0 saturated heterocycles. The third-order valence-corrected chi connectivity index (χ3v) is 1.39. The van der Waals surface area contributed by atoms with Gasteiger partial charge in [0.15, 0.2) is 6.10 Å². The van der Waals surface area contributed by atoms with E-state index >= 15 is 0 Å². The average Bonchev–Trinajstić information content (AvgIpc) is 2.02. The molecule has 0 aromatic carbocycles. The highest BCUT2D eigenvalue weighted by molar-refractivity contribution is 5.15. The molecule has 0 bridgehead atoms. The van der Waals surface area contributed by atoms with E-state index in [-0.39, 0.29) is 0 Å². The number of nitrogens with zero attached hydrogens (tertiary/aromatic N) is 1. The van der Waals surface area contributed by atoms with E-state index in [0.717, 1.165) is 18.3 Å². The van der Waals surface area contributed by atoms with Crippen molar-refractivity contribution in [3.05, 3.63) is 29.8 Å². The van der Waals surface area contributed by atoms with E-state index in [0.29, 0.717) is 0 Å². The van der Waals surface area contributed by atoms with Crippen molar-refractivity contribution in [2.75, 3.05) is 0 Å². The summed E-state index contributed by atoms with van der Waals surface area (Å²) in [5, 5.41) is 8.63. The molecular weight excluding hydrogens is 190 g/mol. The topological polar surface area (TPSA) is 33.1 Å². The molecule has 0 radical (unpaired) electrons. The van der Waals surface area contributed by atoms with Crippen LogP contribution in [0.4, 0.5) is 17.6 Å². The zero-order valence-electron chi connectivity index (χ0n) is 6.22. The van der Waals surface area contributed by atoms with Crippen molar-refractivity contribution in [2.24, 2.45) is 0 Å². The first-order valence-corrected chi connectivity index (χ1v) is 3.28. The molecule has 0 unspecified atom stereocenters. The highest BCUT2D eigenvalue weighted by Gasteiger charge is 2.40. The summed E-state index contributed by atoms with van der Waals surface area (Å²) in [6.45, 7) is 0. The van der Waals surface area contributed by atoms with Gasteiger partial charge in [-0.15, -0.1) is 0 Å². The number of hydrogen-bond donors (Lipinski definition) is 1.